The van der Waals surface area contributed by atoms with Gasteiger partial charge in [-0.3, -0.25) is 4.79 Å². The Balaban J connectivity index is 0.00000196. The van der Waals surface area contributed by atoms with Gasteiger partial charge in [-0.25, -0.2) is 0 Å². The Bertz CT molecular complexity index is 1000. The summed E-state index contributed by atoms with van der Waals surface area (Å²) in [6.07, 6.45) is 2.53. The van der Waals surface area contributed by atoms with Gasteiger partial charge in [-0.15, -0.1) is 6.07 Å². The number of aromatic nitrogens is 1. The summed E-state index contributed by atoms with van der Waals surface area (Å²) in [4.78, 5) is 39.4. The van der Waals surface area contributed by atoms with Crippen molar-refractivity contribution >= 4 is 11.6 Å². The molecule has 0 spiro atoms. The first-order valence-corrected chi connectivity index (χ1v) is 8.11. The van der Waals surface area contributed by atoms with Crippen LogP contribution in [0.1, 0.15) is 27.2 Å². The van der Waals surface area contributed by atoms with Gasteiger partial charge in [0, 0.05) is 42.9 Å². The van der Waals surface area contributed by atoms with Crippen LogP contribution < -0.4 is 21.1 Å². The van der Waals surface area contributed by atoms with E-state index in [1.54, 1.807) is 18.3 Å². The predicted molar refractivity (Wildman–Crippen MR) is 93.3 cm³/mol. The number of hydrogen-bond donors (Lipinski definition) is 2. The molecule has 0 atom stereocenters. The van der Waals surface area contributed by atoms with Gasteiger partial charge in [0.25, 0.3) is 5.91 Å². The average molecular weight is 389 g/mol. The number of amides is 1. The molecule has 7 heteroatoms. The summed E-state index contributed by atoms with van der Waals surface area (Å²) in [7, 11) is 0. The SMILES string of the molecule is O=C(NCc1ccc2c(c1)CN(c1[c-]c(=O)c1=O)CC2)c1ccc[nH]1.[Mn]. The maximum Gasteiger partial charge on any atom is 0.267 e. The molecule has 0 saturated heterocycles. The molecule has 1 aromatic heterocycles. The summed E-state index contributed by atoms with van der Waals surface area (Å²) < 4.78 is 0. The molecule has 1 aliphatic rings. The van der Waals surface area contributed by atoms with Crippen molar-refractivity contribution in [1.29, 1.82) is 0 Å². The van der Waals surface area contributed by atoms with Crippen LogP contribution in [0.4, 0.5) is 5.69 Å². The standard InChI is InChI=1S/C19H16N3O3.Mn/c23-17-9-16(18(17)24)22-7-5-13-4-3-12(8-14(13)11-22)10-21-19(25)15-2-1-6-20-15;/h1-4,6,8,20H,5,7,10-11H2,(H,21,25);/q-1;. The van der Waals surface area contributed by atoms with Crippen molar-refractivity contribution in [3.05, 3.63) is 85.4 Å². The number of aromatic amines is 1. The molecule has 0 bridgehead atoms. The first-order chi connectivity index (χ1) is 12.1. The summed E-state index contributed by atoms with van der Waals surface area (Å²) in [5.74, 6) is -0.150. The van der Waals surface area contributed by atoms with Crippen molar-refractivity contribution in [3.63, 3.8) is 0 Å². The minimum absolute atomic E-state index is 0. The maximum atomic E-state index is 12.0. The number of H-pyrrole nitrogens is 1. The van der Waals surface area contributed by atoms with E-state index in [9.17, 15) is 14.4 Å². The van der Waals surface area contributed by atoms with Crippen LogP contribution in [0.5, 0.6) is 0 Å². The summed E-state index contributed by atoms with van der Waals surface area (Å²) in [6, 6.07) is 12.2. The molecular weight excluding hydrogens is 373 g/mol. The van der Waals surface area contributed by atoms with Gasteiger partial charge in [-0.1, -0.05) is 18.2 Å². The first-order valence-electron chi connectivity index (χ1n) is 8.11. The molecule has 1 amide bonds. The molecule has 4 rings (SSSR count). The number of fused-ring (bicyclic) bond motifs is 1. The smallest absolute Gasteiger partial charge is 0.267 e. The van der Waals surface area contributed by atoms with Crippen LogP contribution in [0.2, 0.25) is 0 Å². The molecule has 1 radical (unpaired) electrons. The van der Waals surface area contributed by atoms with Crippen molar-refractivity contribution in [3.8, 4) is 0 Å². The molecule has 0 unspecified atom stereocenters. The van der Waals surface area contributed by atoms with Crippen LogP contribution in [0, 0.1) is 6.07 Å². The Hall–Kier alpha value is -2.63. The second-order valence-corrected chi connectivity index (χ2v) is 6.17. The second kappa shape index (κ2) is 7.31. The normalized spacial score (nSPS) is 13.2. The zero-order valence-corrected chi connectivity index (χ0v) is 15.0. The second-order valence-electron chi connectivity index (χ2n) is 6.17. The van der Waals surface area contributed by atoms with Crippen molar-refractivity contribution in [2.75, 3.05) is 11.4 Å². The molecule has 0 aliphatic carbocycles. The number of nitrogens with zero attached hydrogens (tertiary/aromatic N) is 1. The molecule has 133 valence electrons. The fourth-order valence-electron chi connectivity index (χ4n) is 3.15. The first kappa shape index (κ1) is 18.2. The predicted octanol–water partition coefficient (Wildman–Crippen LogP) is 0.901. The monoisotopic (exact) mass is 389 g/mol. The van der Waals surface area contributed by atoms with E-state index >= 15 is 0 Å². The zero-order chi connectivity index (χ0) is 17.4. The molecule has 2 aromatic carbocycles. The number of hydrogen-bond acceptors (Lipinski definition) is 4. The summed E-state index contributed by atoms with van der Waals surface area (Å²) in [5.41, 5.74) is 3.27. The van der Waals surface area contributed by atoms with Gasteiger partial charge in [0.05, 0.1) is 0 Å². The van der Waals surface area contributed by atoms with Crippen molar-refractivity contribution < 1.29 is 21.9 Å². The number of anilines is 1. The van der Waals surface area contributed by atoms with E-state index in [0.29, 0.717) is 31.0 Å². The third kappa shape index (κ3) is 3.36. The van der Waals surface area contributed by atoms with Crippen LogP contribution in [-0.4, -0.2) is 17.4 Å². The van der Waals surface area contributed by atoms with E-state index in [0.717, 1.165) is 17.5 Å². The Labute approximate surface area is 160 Å². The largest absolute Gasteiger partial charge is 0.385 e. The molecule has 2 N–H and O–H groups in total. The average Bonchev–Trinajstić information content (AvgIpc) is 3.18. The van der Waals surface area contributed by atoms with Gasteiger partial charge in [0.2, 0.25) is 0 Å². The van der Waals surface area contributed by atoms with Gasteiger partial charge in [0.15, 0.2) is 0 Å². The van der Waals surface area contributed by atoms with Gasteiger partial charge in [-0.05, 0) is 40.9 Å². The van der Waals surface area contributed by atoms with Gasteiger partial charge in [-0.2, -0.15) is 0 Å². The summed E-state index contributed by atoms with van der Waals surface area (Å²) >= 11 is 0. The molecule has 0 fully saturated rings. The van der Waals surface area contributed by atoms with Crippen LogP contribution in [0.3, 0.4) is 0 Å². The molecule has 3 aromatic rings. The van der Waals surface area contributed by atoms with E-state index < -0.39 is 10.9 Å². The van der Waals surface area contributed by atoms with Crippen molar-refractivity contribution in [2.24, 2.45) is 0 Å². The van der Waals surface area contributed by atoms with Crippen molar-refractivity contribution in [1.82, 2.24) is 10.3 Å². The molecule has 1 aliphatic heterocycles. The third-order valence-electron chi connectivity index (χ3n) is 4.55. The fourth-order valence-corrected chi connectivity index (χ4v) is 3.15. The topological polar surface area (TPSA) is 82.3 Å². The molecular formula is C19H16MnN3O3-. The van der Waals surface area contributed by atoms with Crippen molar-refractivity contribution in [2.45, 2.75) is 19.5 Å². The van der Waals surface area contributed by atoms with E-state index in [2.05, 4.69) is 22.4 Å². The Morgan fingerprint density at radius 1 is 1.23 bits per heavy atom. The summed E-state index contributed by atoms with van der Waals surface area (Å²) in [5, 5.41) is 2.88. The Morgan fingerprint density at radius 3 is 2.77 bits per heavy atom. The molecule has 2 heterocycles. The minimum Gasteiger partial charge on any atom is -0.385 e. The van der Waals surface area contributed by atoms with Gasteiger partial charge < -0.3 is 24.8 Å². The quantitative estimate of drug-likeness (QED) is 0.395. The number of carbonyl (C=O) groups is 1. The Morgan fingerprint density at radius 2 is 2.08 bits per heavy atom. The van der Waals surface area contributed by atoms with Crippen LogP contribution >= 0.6 is 0 Å². The fraction of sp³-hybridized carbons (Fsp3) is 0.211. The molecule has 6 nitrogen and oxygen atoms in total. The van der Waals surface area contributed by atoms with Gasteiger partial charge in [0.1, 0.15) is 16.6 Å². The van der Waals surface area contributed by atoms with Gasteiger partial charge >= 0.3 is 0 Å². The van der Waals surface area contributed by atoms with E-state index in [1.807, 2.05) is 17.0 Å². The minimum atomic E-state index is -0.540. The van der Waals surface area contributed by atoms with Crippen LogP contribution in [0.15, 0.2) is 46.1 Å². The molecule has 0 saturated carbocycles. The number of benzene rings is 1. The van der Waals surface area contributed by atoms with Crippen LogP contribution in [-0.2, 0) is 36.6 Å². The number of nitrogens with one attached hydrogen (secondary N) is 2. The summed E-state index contributed by atoms with van der Waals surface area (Å²) in [6.45, 7) is 1.71. The maximum absolute atomic E-state index is 12.0. The molecule has 26 heavy (non-hydrogen) atoms. The van der Waals surface area contributed by atoms with E-state index in [-0.39, 0.29) is 23.0 Å². The van der Waals surface area contributed by atoms with E-state index in [4.69, 9.17) is 0 Å². The number of carbonyl (C=O) groups excluding carboxylic acids is 1. The third-order valence-corrected chi connectivity index (χ3v) is 4.55. The van der Waals surface area contributed by atoms with E-state index in [1.165, 1.54) is 5.56 Å². The number of rotatable bonds is 4. The Kier molecular flexibility index (Phi) is 5.11. The van der Waals surface area contributed by atoms with Crippen LogP contribution in [0.25, 0.3) is 0 Å². The zero-order valence-electron chi connectivity index (χ0n) is 13.8.